The first-order valence-electron chi connectivity index (χ1n) is 11.5. The molecule has 35 heavy (non-hydrogen) atoms. The number of nitrogens with zero attached hydrogens (tertiary/aromatic N) is 3. The van der Waals surface area contributed by atoms with Crippen molar-refractivity contribution in [3.63, 3.8) is 0 Å². The maximum Gasteiger partial charge on any atom is 0.416 e. The molecule has 0 amide bonds. The number of aryl methyl sites for hydroxylation is 1. The molecule has 0 N–H and O–H groups in total. The number of likely N-dealkylation sites (tertiary alicyclic amines) is 1. The summed E-state index contributed by atoms with van der Waals surface area (Å²) in [5.41, 5.74) is -0.858. The van der Waals surface area contributed by atoms with E-state index in [2.05, 4.69) is 4.90 Å². The summed E-state index contributed by atoms with van der Waals surface area (Å²) in [4.78, 5) is 40.0. The molecular formula is C26H24F3N3O3. The average molecular weight is 483 g/mol. The smallest absolute Gasteiger partial charge is 0.302 e. The molecular weight excluding hydrogens is 459 g/mol. The molecule has 2 aromatic carbocycles. The van der Waals surface area contributed by atoms with Crippen LogP contribution in [0.5, 0.6) is 0 Å². The number of piperidine rings is 1. The molecule has 5 rings (SSSR count). The summed E-state index contributed by atoms with van der Waals surface area (Å²) in [6.07, 6.45) is -1.33. The Morgan fingerprint density at radius 2 is 1.69 bits per heavy atom. The lowest BCUT2D eigenvalue weighted by Gasteiger charge is -2.21. The Labute approximate surface area is 199 Å². The van der Waals surface area contributed by atoms with E-state index in [1.54, 1.807) is 42.5 Å². The second kappa shape index (κ2) is 8.64. The molecule has 2 heterocycles. The van der Waals surface area contributed by atoms with Crippen LogP contribution in [0.25, 0.3) is 0 Å². The molecule has 1 aliphatic heterocycles. The number of rotatable bonds is 6. The van der Waals surface area contributed by atoms with Crippen molar-refractivity contribution in [2.45, 2.75) is 31.0 Å². The maximum absolute atomic E-state index is 12.9. The highest BCUT2D eigenvalue weighted by molar-refractivity contribution is 5.95. The van der Waals surface area contributed by atoms with Crippen LogP contribution in [0.4, 0.5) is 13.2 Å². The predicted molar refractivity (Wildman–Crippen MR) is 123 cm³/mol. The minimum Gasteiger partial charge on any atom is -0.302 e. The number of carbonyl (C=O) groups excluding carboxylic acids is 1. The molecule has 1 saturated heterocycles. The van der Waals surface area contributed by atoms with Gasteiger partial charge in [0.1, 0.15) is 0 Å². The van der Waals surface area contributed by atoms with Crippen LogP contribution in [0, 0.1) is 5.92 Å². The zero-order valence-corrected chi connectivity index (χ0v) is 18.9. The highest BCUT2D eigenvalue weighted by atomic mass is 19.4. The third-order valence-corrected chi connectivity index (χ3v) is 7.16. The molecule has 0 spiro atoms. The molecule has 1 aliphatic carbocycles. The monoisotopic (exact) mass is 483 g/mol. The number of benzene rings is 2. The van der Waals surface area contributed by atoms with Crippen LogP contribution in [0.3, 0.4) is 0 Å². The largest absolute Gasteiger partial charge is 0.416 e. The van der Waals surface area contributed by atoms with Crippen LogP contribution >= 0.6 is 0 Å². The van der Waals surface area contributed by atoms with Gasteiger partial charge < -0.3 is 4.90 Å². The number of alkyl halides is 3. The Morgan fingerprint density at radius 1 is 0.971 bits per heavy atom. The van der Waals surface area contributed by atoms with E-state index in [-0.39, 0.29) is 11.0 Å². The van der Waals surface area contributed by atoms with Gasteiger partial charge in [0.15, 0.2) is 0 Å². The number of halogens is 3. The van der Waals surface area contributed by atoms with E-state index in [0.29, 0.717) is 30.0 Å². The Kier molecular flexibility index (Phi) is 5.75. The van der Waals surface area contributed by atoms with Crippen LogP contribution in [0.2, 0.25) is 0 Å². The lowest BCUT2D eigenvalue weighted by atomic mass is 9.94. The van der Waals surface area contributed by atoms with Crippen LogP contribution in [-0.2, 0) is 18.1 Å². The second-order valence-electron chi connectivity index (χ2n) is 9.36. The van der Waals surface area contributed by atoms with Gasteiger partial charge in [0.05, 0.1) is 5.56 Å². The van der Waals surface area contributed by atoms with E-state index in [9.17, 15) is 27.6 Å². The van der Waals surface area contributed by atoms with Crippen LogP contribution < -0.4 is 11.2 Å². The van der Waals surface area contributed by atoms with Crippen molar-refractivity contribution in [2.24, 2.45) is 5.92 Å². The van der Waals surface area contributed by atoms with E-state index in [4.69, 9.17) is 0 Å². The van der Waals surface area contributed by atoms with Gasteiger partial charge in [-0.15, -0.1) is 0 Å². The van der Waals surface area contributed by atoms with E-state index in [1.165, 1.54) is 16.8 Å². The average Bonchev–Trinajstić information content (AvgIpc) is 3.41. The second-order valence-corrected chi connectivity index (χ2v) is 9.36. The third-order valence-electron chi connectivity index (χ3n) is 7.16. The first-order chi connectivity index (χ1) is 16.7. The fraction of sp³-hybridized carbons (Fsp3) is 0.346. The van der Waals surface area contributed by atoms with Gasteiger partial charge in [0.2, 0.25) is 0 Å². The standard InChI is InChI=1S/C26H24F3N3O3/c27-26(28,29)20-9-7-19(8-10-20)25-15-21(25)16-30(17-25)12-4-13-31-14-11-22(33)32(24(31)35)23(34)18-5-2-1-3-6-18/h1-3,5-11,14,21H,4,12-13,15-17H2/t21-,25+/m0/s1. The number of hydrogen-bond acceptors (Lipinski definition) is 4. The van der Waals surface area contributed by atoms with Crippen molar-refractivity contribution in [1.82, 2.24) is 14.0 Å². The summed E-state index contributed by atoms with van der Waals surface area (Å²) < 4.78 is 40.7. The first-order valence-corrected chi connectivity index (χ1v) is 11.5. The molecule has 1 saturated carbocycles. The molecule has 0 unspecified atom stereocenters. The topological polar surface area (TPSA) is 64.3 Å². The van der Waals surface area contributed by atoms with Crippen molar-refractivity contribution in [3.05, 3.63) is 104 Å². The minimum absolute atomic E-state index is 0.0870. The lowest BCUT2D eigenvalue weighted by molar-refractivity contribution is -0.137. The predicted octanol–water partition coefficient (Wildman–Crippen LogP) is 3.38. The number of aromatic nitrogens is 2. The van der Waals surface area contributed by atoms with Crippen molar-refractivity contribution < 1.29 is 18.0 Å². The van der Waals surface area contributed by atoms with Gasteiger partial charge in [-0.25, -0.2) is 4.79 Å². The van der Waals surface area contributed by atoms with Gasteiger partial charge in [0.25, 0.3) is 11.5 Å². The summed E-state index contributed by atoms with van der Waals surface area (Å²) >= 11 is 0. The van der Waals surface area contributed by atoms with Crippen LogP contribution in [0.1, 0.15) is 34.3 Å². The third kappa shape index (κ3) is 4.36. The number of fused-ring (bicyclic) bond motifs is 1. The fourth-order valence-electron chi connectivity index (χ4n) is 5.24. The summed E-state index contributed by atoms with van der Waals surface area (Å²) in [7, 11) is 0. The van der Waals surface area contributed by atoms with Gasteiger partial charge in [-0.05, 0) is 55.1 Å². The highest BCUT2D eigenvalue weighted by Crippen LogP contribution is 2.59. The van der Waals surface area contributed by atoms with Gasteiger partial charge >= 0.3 is 11.9 Å². The maximum atomic E-state index is 12.9. The molecule has 2 fully saturated rings. The minimum atomic E-state index is -4.34. The van der Waals surface area contributed by atoms with Gasteiger partial charge in [-0.1, -0.05) is 30.3 Å². The van der Waals surface area contributed by atoms with E-state index in [0.717, 1.165) is 37.2 Å². The van der Waals surface area contributed by atoms with Crippen LogP contribution in [0.15, 0.2) is 76.4 Å². The molecule has 6 nitrogen and oxygen atoms in total. The normalized spacial score (nSPS) is 21.6. The molecule has 9 heteroatoms. The first kappa shape index (κ1) is 23.3. The number of carbonyl (C=O) groups is 1. The molecule has 1 aromatic heterocycles. The number of hydrogen-bond donors (Lipinski definition) is 0. The summed E-state index contributed by atoms with van der Waals surface area (Å²) in [6.45, 7) is 2.68. The van der Waals surface area contributed by atoms with Gasteiger partial charge in [0, 0.05) is 42.9 Å². The van der Waals surface area contributed by atoms with Crippen LogP contribution in [-0.4, -0.2) is 39.6 Å². The van der Waals surface area contributed by atoms with Gasteiger partial charge in [-0.2, -0.15) is 17.7 Å². The quantitative estimate of drug-likeness (QED) is 0.539. The van der Waals surface area contributed by atoms with E-state index >= 15 is 0 Å². The molecule has 3 aromatic rings. The Morgan fingerprint density at radius 3 is 2.37 bits per heavy atom. The Bertz CT molecular complexity index is 1360. The zero-order chi connectivity index (χ0) is 24.8. The molecule has 2 aliphatic rings. The summed E-state index contributed by atoms with van der Waals surface area (Å²) in [5, 5.41) is 0. The lowest BCUT2D eigenvalue weighted by Crippen LogP contribution is -2.43. The molecule has 0 radical (unpaired) electrons. The van der Waals surface area contributed by atoms with Crippen molar-refractivity contribution in [3.8, 4) is 0 Å². The van der Waals surface area contributed by atoms with Crippen molar-refractivity contribution >= 4 is 5.91 Å². The highest BCUT2D eigenvalue weighted by Gasteiger charge is 2.60. The molecule has 2 atom stereocenters. The van der Waals surface area contributed by atoms with Crippen molar-refractivity contribution in [2.75, 3.05) is 19.6 Å². The SMILES string of the molecule is O=C(c1ccccc1)n1c(=O)ccn(CCCN2C[C@@H]3C[C@]3(c3ccc(C(F)(F)F)cc3)C2)c1=O. The Balaban J connectivity index is 1.22. The van der Waals surface area contributed by atoms with Crippen molar-refractivity contribution in [1.29, 1.82) is 0 Å². The fourth-order valence-corrected chi connectivity index (χ4v) is 5.24. The summed E-state index contributed by atoms with van der Waals surface area (Å²) in [6, 6.07) is 14.9. The zero-order valence-electron chi connectivity index (χ0n) is 18.9. The van der Waals surface area contributed by atoms with Gasteiger partial charge in [-0.3, -0.25) is 14.2 Å². The molecule has 182 valence electrons. The summed E-state index contributed by atoms with van der Waals surface area (Å²) in [5.74, 6) is -0.236. The van der Waals surface area contributed by atoms with E-state index < -0.39 is 28.9 Å². The van der Waals surface area contributed by atoms with E-state index in [1.807, 2.05) is 0 Å². The Hall–Kier alpha value is -3.46. The molecule has 0 bridgehead atoms.